The van der Waals surface area contributed by atoms with Crippen LogP contribution in [0, 0.1) is 0 Å². The Morgan fingerprint density at radius 1 is 1.11 bits per heavy atom. The van der Waals surface area contributed by atoms with Gasteiger partial charge in [-0.25, -0.2) is 4.68 Å². The van der Waals surface area contributed by atoms with Gasteiger partial charge in [-0.05, 0) is 18.2 Å². The standard InChI is InChI=1S/C14H10N2O2/c17-9-11-4-1-2-6-12(11)16-14-10(8-15-16)5-3-7-13(14)18/h1-9,18H. The summed E-state index contributed by atoms with van der Waals surface area (Å²) in [6.45, 7) is 0. The van der Waals surface area contributed by atoms with Crippen LogP contribution >= 0.6 is 0 Å². The van der Waals surface area contributed by atoms with Crippen molar-refractivity contribution < 1.29 is 9.90 Å². The number of hydrogen-bond acceptors (Lipinski definition) is 3. The third-order valence-corrected chi connectivity index (χ3v) is 2.86. The molecule has 4 nitrogen and oxygen atoms in total. The summed E-state index contributed by atoms with van der Waals surface area (Å²) in [4.78, 5) is 11.0. The molecule has 0 fully saturated rings. The molecule has 0 bridgehead atoms. The summed E-state index contributed by atoms with van der Waals surface area (Å²) in [5, 5.41) is 15.0. The van der Waals surface area contributed by atoms with Gasteiger partial charge in [0.1, 0.15) is 11.3 Å². The predicted molar refractivity (Wildman–Crippen MR) is 68.1 cm³/mol. The molecule has 3 rings (SSSR count). The van der Waals surface area contributed by atoms with Crippen molar-refractivity contribution in [2.24, 2.45) is 0 Å². The monoisotopic (exact) mass is 238 g/mol. The van der Waals surface area contributed by atoms with Gasteiger partial charge in [-0.15, -0.1) is 0 Å². The second-order valence-electron chi connectivity index (χ2n) is 3.95. The number of rotatable bonds is 2. The van der Waals surface area contributed by atoms with Gasteiger partial charge in [0.15, 0.2) is 6.29 Å². The summed E-state index contributed by atoms with van der Waals surface area (Å²) in [6, 6.07) is 12.4. The lowest BCUT2D eigenvalue weighted by Gasteiger charge is -2.07. The van der Waals surface area contributed by atoms with Gasteiger partial charge in [-0.2, -0.15) is 5.10 Å². The number of para-hydroxylation sites is 2. The van der Waals surface area contributed by atoms with Gasteiger partial charge in [0.05, 0.1) is 11.9 Å². The van der Waals surface area contributed by atoms with Gasteiger partial charge in [-0.1, -0.05) is 24.3 Å². The van der Waals surface area contributed by atoms with Gasteiger partial charge in [-0.3, -0.25) is 4.79 Å². The third kappa shape index (κ3) is 1.47. The van der Waals surface area contributed by atoms with Gasteiger partial charge >= 0.3 is 0 Å². The summed E-state index contributed by atoms with van der Waals surface area (Å²) < 4.78 is 1.58. The maximum Gasteiger partial charge on any atom is 0.152 e. The van der Waals surface area contributed by atoms with E-state index in [1.165, 1.54) is 0 Å². The lowest BCUT2D eigenvalue weighted by molar-refractivity contribution is 0.112. The zero-order valence-corrected chi connectivity index (χ0v) is 9.45. The first-order valence-electron chi connectivity index (χ1n) is 5.51. The predicted octanol–water partition coefficient (Wildman–Crippen LogP) is 2.54. The highest BCUT2D eigenvalue weighted by Gasteiger charge is 2.11. The summed E-state index contributed by atoms with van der Waals surface area (Å²) >= 11 is 0. The highest BCUT2D eigenvalue weighted by molar-refractivity contribution is 5.88. The first kappa shape index (κ1) is 10.5. The summed E-state index contributed by atoms with van der Waals surface area (Å²) in [5.74, 6) is 0.144. The molecule has 0 amide bonds. The largest absolute Gasteiger partial charge is 0.506 e. The van der Waals surface area contributed by atoms with Crippen LogP contribution < -0.4 is 0 Å². The number of aldehydes is 1. The van der Waals surface area contributed by atoms with Crippen molar-refractivity contribution in [3.63, 3.8) is 0 Å². The zero-order chi connectivity index (χ0) is 12.5. The minimum Gasteiger partial charge on any atom is -0.506 e. The maximum atomic E-state index is 11.0. The van der Waals surface area contributed by atoms with Crippen molar-refractivity contribution in [1.82, 2.24) is 9.78 Å². The Morgan fingerprint density at radius 2 is 1.94 bits per heavy atom. The number of nitrogens with zero attached hydrogens (tertiary/aromatic N) is 2. The molecule has 0 spiro atoms. The van der Waals surface area contributed by atoms with E-state index in [0.717, 1.165) is 11.7 Å². The van der Waals surface area contributed by atoms with E-state index < -0.39 is 0 Å². The van der Waals surface area contributed by atoms with Gasteiger partial charge in [0.2, 0.25) is 0 Å². The van der Waals surface area contributed by atoms with Gasteiger partial charge in [0, 0.05) is 10.9 Å². The van der Waals surface area contributed by atoms with Crippen molar-refractivity contribution in [3.05, 3.63) is 54.2 Å². The molecule has 0 atom stereocenters. The molecule has 0 radical (unpaired) electrons. The number of carbonyl (C=O) groups excluding carboxylic acids is 1. The fraction of sp³-hybridized carbons (Fsp3) is 0. The third-order valence-electron chi connectivity index (χ3n) is 2.86. The molecule has 2 aromatic carbocycles. The topological polar surface area (TPSA) is 55.1 Å². The molecule has 0 saturated heterocycles. The molecule has 3 aromatic rings. The van der Waals surface area contributed by atoms with Crippen LogP contribution in [-0.2, 0) is 0 Å². The maximum absolute atomic E-state index is 11.0. The molecule has 0 aliphatic carbocycles. The Morgan fingerprint density at radius 3 is 2.78 bits per heavy atom. The first-order valence-corrected chi connectivity index (χ1v) is 5.51. The molecule has 18 heavy (non-hydrogen) atoms. The average molecular weight is 238 g/mol. The summed E-state index contributed by atoms with van der Waals surface area (Å²) in [7, 11) is 0. The minimum absolute atomic E-state index is 0.144. The number of aromatic nitrogens is 2. The van der Waals surface area contributed by atoms with E-state index in [0.29, 0.717) is 16.8 Å². The second kappa shape index (κ2) is 4.00. The van der Waals surface area contributed by atoms with Gasteiger partial charge in [0.25, 0.3) is 0 Å². The summed E-state index contributed by atoms with van der Waals surface area (Å²) in [5.41, 5.74) is 1.79. The fourth-order valence-corrected chi connectivity index (χ4v) is 2.02. The molecule has 0 aliphatic heterocycles. The smallest absolute Gasteiger partial charge is 0.152 e. The summed E-state index contributed by atoms with van der Waals surface area (Å²) in [6.07, 6.45) is 2.44. The molecular formula is C14H10N2O2. The van der Waals surface area contributed by atoms with Crippen molar-refractivity contribution in [2.45, 2.75) is 0 Å². The normalized spacial score (nSPS) is 10.7. The van der Waals surface area contributed by atoms with E-state index in [-0.39, 0.29) is 5.75 Å². The first-order chi connectivity index (χ1) is 8.81. The number of aromatic hydroxyl groups is 1. The van der Waals surface area contributed by atoms with Crippen LogP contribution in [0.15, 0.2) is 48.7 Å². The van der Waals surface area contributed by atoms with E-state index in [9.17, 15) is 9.90 Å². The number of phenolic OH excluding ortho intramolecular Hbond substituents is 1. The molecule has 0 unspecified atom stereocenters. The highest BCUT2D eigenvalue weighted by atomic mass is 16.3. The minimum atomic E-state index is 0.144. The highest BCUT2D eigenvalue weighted by Crippen LogP contribution is 2.27. The average Bonchev–Trinajstić information content (AvgIpc) is 2.84. The van der Waals surface area contributed by atoms with E-state index in [1.807, 2.05) is 12.1 Å². The Balaban J connectivity index is 2.35. The molecular weight excluding hydrogens is 228 g/mol. The molecule has 0 saturated carbocycles. The van der Waals surface area contributed by atoms with Crippen molar-refractivity contribution in [1.29, 1.82) is 0 Å². The number of fused-ring (bicyclic) bond motifs is 1. The Labute approximate surface area is 103 Å². The number of phenols is 1. The van der Waals surface area contributed by atoms with Crippen LogP contribution in [0.5, 0.6) is 5.75 Å². The van der Waals surface area contributed by atoms with E-state index in [2.05, 4.69) is 5.10 Å². The Hall–Kier alpha value is -2.62. The van der Waals surface area contributed by atoms with Crippen molar-refractivity contribution in [3.8, 4) is 11.4 Å². The zero-order valence-electron chi connectivity index (χ0n) is 9.45. The van der Waals surface area contributed by atoms with Crippen LogP contribution in [0.1, 0.15) is 10.4 Å². The molecule has 1 N–H and O–H groups in total. The molecule has 1 aromatic heterocycles. The van der Waals surface area contributed by atoms with Crippen molar-refractivity contribution >= 4 is 17.2 Å². The van der Waals surface area contributed by atoms with Crippen LogP contribution in [-0.4, -0.2) is 21.2 Å². The number of hydrogen-bond donors (Lipinski definition) is 1. The molecule has 0 aliphatic rings. The second-order valence-corrected chi connectivity index (χ2v) is 3.95. The van der Waals surface area contributed by atoms with E-state index in [1.54, 1.807) is 41.2 Å². The molecule has 88 valence electrons. The lowest BCUT2D eigenvalue weighted by Crippen LogP contribution is -2.00. The SMILES string of the molecule is O=Cc1ccccc1-n1ncc2cccc(O)c21. The quantitative estimate of drug-likeness (QED) is 0.698. The van der Waals surface area contributed by atoms with Gasteiger partial charge < -0.3 is 5.11 Å². The molecule has 1 heterocycles. The number of carbonyl (C=O) groups is 1. The molecule has 4 heteroatoms. The van der Waals surface area contributed by atoms with Crippen LogP contribution in [0.25, 0.3) is 16.6 Å². The van der Waals surface area contributed by atoms with Crippen LogP contribution in [0.4, 0.5) is 0 Å². The number of benzene rings is 2. The Bertz CT molecular complexity index is 731. The van der Waals surface area contributed by atoms with E-state index in [4.69, 9.17) is 0 Å². The van der Waals surface area contributed by atoms with Crippen LogP contribution in [0.2, 0.25) is 0 Å². The lowest BCUT2D eigenvalue weighted by atomic mass is 10.2. The van der Waals surface area contributed by atoms with Crippen molar-refractivity contribution in [2.75, 3.05) is 0 Å². The Kier molecular flexibility index (Phi) is 2.34. The van der Waals surface area contributed by atoms with Crippen LogP contribution in [0.3, 0.4) is 0 Å². The fourth-order valence-electron chi connectivity index (χ4n) is 2.02. The van der Waals surface area contributed by atoms with E-state index >= 15 is 0 Å².